The van der Waals surface area contributed by atoms with Gasteiger partial charge in [0.1, 0.15) is 5.82 Å². The monoisotopic (exact) mass is 260 g/mol. The van der Waals surface area contributed by atoms with E-state index < -0.39 is 0 Å². The van der Waals surface area contributed by atoms with Crippen LogP contribution in [0.2, 0.25) is 0 Å². The van der Waals surface area contributed by atoms with Crippen molar-refractivity contribution in [2.45, 2.75) is 64.7 Å². The summed E-state index contributed by atoms with van der Waals surface area (Å²) in [5, 5.41) is 0. The molecule has 0 bridgehead atoms. The summed E-state index contributed by atoms with van der Waals surface area (Å²) < 4.78 is 13.8. The van der Waals surface area contributed by atoms with Gasteiger partial charge in [-0.15, -0.1) is 0 Å². The Labute approximate surface area is 116 Å². The molecule has 1 fully saturated rings. The van der Waals surface area contributed by atoms with Crippen LogP contribution in [0.4, 0.5) is 4.39 Å². The van der Waals surface area contributed by atoms with Gasteiger partial charge in [0.25, 0.3) is 0 Å². The van der Waals surface area contributed by atoms with E-state index >= 15 is 0 Å². The lowest BCUT2D eigenvalue weighted by Crippen LogP contribution is -2.04. The van der Waals surface area contributed by atoms with Crippen molar-refractivity contribution in [1.29, 1.82) is 0 Å². The zero-order valence-corrected chi connectivity index (χ0v) is 12.4. The third-order valence-electron chi connectivity index (χ3n) is 3.95. The molecule has 0 aliphatic heterocycles. The lowest BCUT2D eigenvalue weighted by atomic mass is 9.87. The first kappa shape index (κ1) is 14.3. The van der Waals surface area contributed by atoms with Gasteiger partial charge in [0, 0.05) is 0 Å². The number of allylic oxidation sites excluding steroid dienone is 1. The fraction of sp³-hybridized carbons (Fsp3) is 0.556. The van der Waals surface area contributed by atoms with Crippen molar-refractivity contribution in [3.8, 4) is 0 Å². The van der Waals surface area contributed by atoms with Gasteiger partial charge in [-0.05, 0) is 66.3 Å². The first-order chi connectivity index (χ1) is 9.02. The van der Waals surface area contributed by atoms with Gasteiger partial charge in [-0.2, -0.15) is 0 Å². The van der Waals surface area contributed by atoms with Crippen molar-refractivity contribution in [3.05, 3.63) is 46.8 Å². The molecule has 104 valence electrons. The fourth-order valence-corrected chi connectivity index (χ4v) is 2.85. The Morgan fingerprint density at radius 1 is 1.37 bits per heavy atom. The highest BCUT2D eigenvalue weighted by molar-refractivity contribution is 5.43. The topological polar surface area (TPSA) is 0 Å². The van der Waals surface area contributed by atoms with Crippen LogP contribution >= 0.6 is 0 Å². The van der Waals surface area contributed by atoms with Gasteiger partial charge in [0.05, 0.1) is 0 Å². The lowest BCUT2D eigenvalue weighted by Gasteiger charge is -2.19. The van der Waals surface area contributed by atoms with Gasteiger partial charge in [-0.1, -0.05) is 39.3 Å². The first-order valence-corrected chi connectivity index (χ1v) is 7.51. The van der Waals surface area contributed by atoms with Crippen LogP contribution in [0.1, 0.15) is 75.0 Å². The van der Waals surface area contributed by atoms with E-state index in [1.165, 1.54) is 35.1 Å². The normalized spacial score (nSPS) is 15.0. The Bertz CT molecular complexity index is 444. The molecule has 0 radical (unpaired) electrons. The average molecular weight is 260 g/mol. The van der Waals surface area contributed by atoms with Crippen molar-refractivity contribution in [2.75, 3.05) is 0 Å². The van der Waals surface area contributed by atoms with Crippen LogP contribution in [0, 0.1) is 5.82 Å². The molecule has 0 heterocycles. The van der Waals surface area contributed by atoms with Gasteiger partial charge in [-0.3, -0.25) is 0 Å². The molecule has 0 atom stereocenters. The summed E-state index contributed by atoms with van der Waals surface area (Å²) in [6, 6.07) is 3.49. The molecule has 2 rings (SSSR count). The van der Waals surface area contributed by atoms with E-state index in [1.807, 2.05) is 0 Å². The Morgan fingerprint density at radius 3 is 2.58 bits per heavy atom. The quantitative estimate of drug-likeness (QED) is 0.573. The highest BCUT2D eigenvalue weighted by atomic mass is 19.1. The third-order valence-corrected chi connectivity index (χ3v) is 3.95. The van der Waals surface area contributed by atoms with Crippen molar-refractivity contribution in [3.63, 3.8) is 0 Å². The second-order valence-electron chi connectivity index (χ2n) is 6.17. The molecule has 0 unspecified atom stereocenters. The van der Waals surface area contributed by atoms with Crippen molar-refractivity contribution in [2.24, 2.45) is 0 Å². The molecule has 0 amide bonds. The number of hydrogen-bond acceptors (Lipinski definition) is 0. The van der Waals surface area contributed by atoms with E-state index in [9.17, 15) is 4.39 Å². The SMILES string of the molecule is C=C(CCC)Cc1c(C(C)C)cc(F)cc1C1CC1. The predicted octanol–water partition coefficient (Wildman–Crippen LogP) is 5.73. The summed E-state index contributed by atoms with van der Waals surface area (Å²) in [7, 11) is 0. The molecule has 0 saturated heterocycles. The summed E-state index contributed by atoms with van der Waals surface area (Å²) in [4.78, 5) is 0. The van der Waals surface area contributed by atoms with Crippen molar-refractivity contribution >= 4 is 0 Å². The second-order valence-corrected chi connectivity index (χ2v) is 6.17. The van der Waals surface area contributed by atoms with Gasteiger partial charge >= 0.3 is 0 Å². The number of hydrogen-bond donors (Lipinski definition) is 0. The molecule has 1 aliphatic carbocycles. The highest BCUT2D eigenvalue weighted by Crippen LogP contribution is 2.44. The van der Waals surface area contributed by atoms with Gasteiger partial charge in [0.15, 0.2) is 0 Å². The summed E-state index contributed by atoms with van der Waals surface area (Å²) >= 11 is 0. The molecule has 0 nitrogen and oxygen atoms in total. The maximum absolute atomic E-state index is 13.8. The Morgan fingerprint density at radius 2 is 2.05 bits per heavy atom. The van der Waals surface area contributed by atoms with E-state index in [-0.39, 0.29) is 5.82 Å². The van der Waals surface area contributed by atoms with E-state index in [0.717, 1.165) is 19.3 Å². The van der Waals surface area contributed by atoms with E-state index in [4.69, 9.17) is 0 Å². The Balaban J connectivity index is 2.39. The largest absolute Gasteiger partial charge is 0.207 e. The van der Waals surface area contributed by atoms with Crippen LogP contribution in [0.5, 0.6) is 0 Å². The van der Waals surface area contributed by atoms with E-state index in [0.29, 0.717) is 11.8 Å². The molecule has 0 N–H and O–H groups in total. The molecule has 1 aromatic carbocycles. The molecule has 1 saturated carbocycles. The number of halogens is 1. The summed E-state index contributed by atoms with van der Waals surface area (Å²) in [5.41, 5.74) is 5.07. The van der Waals surface area contributed by atoms with Crippen LogP contribution in [-0.4, -0.2) is 0 Å². The van der Waals surface area contributed by atoms with Crippen molar-refractivity contribution in [1.82, 2.24) is 0 Å². The second kappa shape index (κ2) is 5.90. The smallest absolute Gasteiger partial charge is 0.123 e. The minimum absolute atomic E-state index is 0.0737. The van der Waals surface area contributed by atoms with Gasteiger partial charge in [-0.25, -0.2) is 4.39 Å². The number of benzene rings is 1. The predicted molar refractivity (Wildman–Crippen MR) is 80.2 cm³/mol. The van der Waals surface area contributed by atoms with Crippen LogP contribution < -0.4 is 0 Å². The maximum atomic E-state index is 13.8. The van der Waals surface area contributed by atoms with Crippen molar-refractivity contribution < 1.29 is 4.39 Å². The molecular formula is C18H25F. The molecule has 1 aliphatic rings. The minimum Gasteiger partial charge on any atom is -0.207 e. The molecule has 1 heteroatoms. The van der Waals surface area contributed by atoms with E-state index in [1.54, 1.807) is 12.1 Å². The van der Waals surface area contributed by atoms with Gasteiger partial charge in [0.2, 0.25) is 0 Å². The summed E-state index contributed by atoms with van der Waals surface area (Å²) in [6.45, 7) is 10.7. The van der Waals surface area contributed by atoms with Crippen LogP contribution in [0.25, 0.3) is 0 Å². The maximum Gasteiger partial charge on any atom is 0.123 e. The van der Waals surface area contributed by atoms with E-state index in [2.05, 4.69) is 27.4 Å². The highest BCUT2D eigenvalue weighted by Gasteiger charge is 2.28. The standard InChI is InChI=1S/C18H25F/c1-5-6-13(4)9-18-16(12(2)3)10-15(19)11-17(18)14-7-8-14/h10-12,14H,4-9H2,1-3H3. The molecule has 0 spiro atoms. The van der Waals surface area contributed by atoms with Gasteiger partial charge < -0.3 is 0 Å². The zero-order valence-electron chi connectivity index (χ0n) is 12.4. The van der Waals surface area contributed by atoms with Crippen LogP contribution in [-0.2, 0) is 6.42 Å². The van der Waals surface area contributed by atoms with Crippen LogP contribution in [0.15, 0.2) is 24.3 Å². The molecule has 1 aromatic rings. The number of rotatable bonds is 6. The van der Waals surface area contributed by atoms with Crippen LogP contribution in [0.3, 0.4) is 0 Å². The fourth-order valence-electron chi connectivity index (χ4n) is 2.85. The average Bonchev–Trinajstić information content (AvgIpc) is 3.14. The summed E-state index contributed by atoms with van der Waals surface area (Å²) in [5.74, 6) is 0.894. The third kappa shape index (κ3) is 3.46. The minimum atomic E-state index is -0.0737. The lowest BCUT2D eigenvalue weighted by molar-refractivity contribution is 0.618. The zero-order chi connectivity index (χ0) is 14.0. The summed E-state index contributed by atoms with van der Waals surface area (Å²) in [6.07, 6.45) is 5.56. The molecular weight excluding hydrogens is 235 g/mol. The Kier molecular flexibility index (Phi) is 4.44. The first-order valence-electron chi connectivity index (χ1n) is 7.51. The Hall–Kier alpha value is -1.11. The molecule has 19 heavy (non-hydrogen) atoms. The molecule has 0 aromatic heterocycles.